The van der Waals surface area contributed by atoms with Gasteiger partial charge in [0.25, 0.3) is 11.8 Å². The number of hydrogen-bond acceptors (Lipinski definition) is 6. The number of nitrogens with zero attached hydrogens (tertiary/aromatic N) is 6. The van der Waals surface area contributed by atoms with Gasteiger partial charge in [-0.3, -0.25) is 14.6 Å². The van der Waals surface area contributed by atoms with Gasteiger partial charge in [-0.05, 0) is 32.0 Å². The number of carbonyl (C=O) groups excluding carboxylic acids is 2. The van der Waals surface area contributed by atoms with E-state index in [1.165, 1.54) is 30.5 Å². The van der Waals surface area contributed by atoms with Crippen molar-refractivity contribution in [2.45, 2.75) is 32.2 Å². The van der Waals surface area contributed by atoms with E-state index >= 15 is 0 Å². The molecule has 1 N–H and O–H groups in total. The van der Waals surface area contributed by atoms with Gasteiger partial charge in [0.1, 0.15) is 12.0 Å². The summed E-state index contributed by atoms with van der Waals surface area (Å²) in [5, 5.41) is 6.38. The maximum absolute atomic E-state index is 13.1. The summed E-state index contributed by atoms with van der Waals surface area (Å²) < 4.78 is 80.0. The quantitative estimate of drug-likeness (QED) is 0.503. The Bertz CT molecular complexity index is 1240. The number of benzene rings is 1. The third kappa shape index (κ3) is 5.78. The molecular formula is C21H19F6N7O2. The molecule has 0 radical (unpaired) electrons. The van der Waals surface area contributed by atoms with Crippen molar-refractivity contribution in [2.75, 3.05) is 13.6 Å². The standard InChI is InChI=1S/C21H19F6N7O2/c1-4-33(3)19(36)16-30-10-34(32-16)17-15(28-5-6-29-17)11(2)31-18(35)12-7-13(20(22,23)24)9-14(8-12)21(25,26)27/h5-11H,4H2,1-3H3,(H,31,35). The molecule has 3 rings (SSSR count). The van der Waals surface area contributed by atoms with Gasteiger partial charge in [0.2, 0.25) is 5.82 Å². The van der Waals surface area contributed by atoms with Gasteiger partial charge in [-0.1, -0.05) is 0 Å². The van der Waals surface area contributed by atoms with Gasteiger partial charge >= 0.3 is 12.4 Å². The second-order valence-electron chi connectivity index (χ2n) is 7.59. The SMILES string of the molecule is CCN(C)C(=O)c1ncn(-c2nccnc2C(C)NC(=O)c2cc(C(F)(F)F)cc(C(F)(F)F)c2)n1. The van der Waals surface area contributed by atoms with Crippen LogP contribution < -0.4 is 5.32 Å². The van der Waals surface area contributed by atoms with Crippen LogP contribution in [0, 0.1) is 0 Å². The molecule has 9 nitrogen and oxygen atoms in total. The lowest BCUT2D eigenvalue weighted by atomic mass is 10.0. The minimum atomic E-state index is -5.10. The topological polar surface area (TPSA) is 106 Å². The third-order valence-corrected chi connectivity index (χ3v) is 5.04. The van der Waals surface area contributed by atoms with Gasteiger partial charge in [0.15, 0.2) is 5.82 Å². The number of nitrogens with one attached hydrogen (secondary N) is 1. The Labute approximate surface area is 200 Å². The zero-order chi connectivity index (χ0) is 26.8. The van der Waals surface area contributed by atoms with E-state index in [0.717, 1.165) is 4.68 Å². The van der Waals surface area contributed by atoms with Gasteiger partial charge in [-0.2, -0.15) is 31.0 Å². The van der Waals surface area contributed by atoms with Crippen molar-refractivity contribution in [2.24, 2.45) is 0 Å². The number of alkyl halides is 6. The number of carbonyl (C=O) groups is 2. The number of aromatic nitrogens is 5. The highest BCUT2D eigenvalue weighted by atomic mass is 19.4. The summed E-state index contributed by atoms with van der Waals surface area (Å²) in [5.74, 6) is -1.77. The van der Waals surface area contributed by atoms with E-state index in [-0.39, 0.29) is 23.4 Å². The molecule has 0 aliphatic carbocycles. The molecular weight excluding hydrogens is 496 g/mol. The van der Waals surface area contributed by atoms with Gasteiger partial charge in [-0.25, -0.2) is 9.97 Å². The summed E-state index contributed by atoms with van der Waals surface area (Å²) in [6.07, 6.45) is -6.47. The van der Waals surface area contributed by atoms with E-state index in [4.69, 9.17) is 0 Å². The molecule has 1 atom stereocenters. The largest absolute Gasteiger partial charge is 0.416 e. The molecule has 0 aliphatic rings. The molecule has 0 fully saturated rings. The second kappa shape index (κ2) is 9.91. The highest BCUT2D eigenvalue weighted by molar-refractivity contribution is 5.95. The van der Waals surface area contributed by atoms with Crippen LogP contribution in [-0.4, -0.2) is 55.0 Å². The van der Waals surface area contributed by atoms with Crippen molar-refractivity contribution in [3.05, 3.63) is 65.1 Å². The number of hydrogen-bond donors (Lipinski definition) is 1. The third-order valence-electron chi connectivity index (χ3n) is 5.04. The molecule has 1 aromatic carbocycles. The van der Waals surface area contributed by atoms with Crippen LogP contribution in [0.4, 0.5) is 26.3 Å². The molecule has 36 heavy (non-hydrogen) atoms. The average Bonchev–Trinajstić information content (AvgIpc) is 3.31. The number of amides is 2. The van der Waals surface area contributed by atoms with Crippen molar-refractivity contribution >= 4 is 11.8 Å². The highest BCUT2D eigenvalue weighted by Gasteiger charge is 2.37. The smallest absolute Gasteiger partial charge is 0.344 e. The fourth-order valence-corrected chi connectivity index (χ4v) is 3.04. The Kier molecular flexibility index (Phi) is 7.31. The fourth-order valence-electron chi connectivity index (χ4n) is 3.04. The van der Waals surface area contributed by atoms with E-state index in [1.54, 1.807) is 14.0 Å². The first-order valence-corrected chi connectivity index (χ1v) is 10.3. The Morgan fingerprint density at radius 1 is 1.00 bits per heavy atom. The first-order chi connectivity index (χ1) is 16.7. The van der Waals surface area contributed by atoms with Crippen LogP contribution in [0.3, 0.4) is 0 Å². The van der Waals surface area contributed by atoms with Crippen molar-refractivity contribution in [3.8, 4) is 5.82 Å². The summed E-state index contributed by atoms with van der Waals surface area (Å²) in [4.78, 5) is 38.4. The Hall–Kier alpha value is -4.04. The Morgan fingerprint density at radius 2 is 1.58 bits per heavy atom. The molecule has 2 aromatic heterocycles. The van der Waals surface area contributed by atoms with Crippen LogP contribution >= 0.6 is 0 Å². The molecule has 1 unspecified atom stereocenters. The van der Waals surface area contributed by atoms with Crippen LogP contribution in [0.15, 0.2) is 36.9 Å². The van der Waals surface area contributed by atoms with Crippen molar-refractivity contribution in [1.29, 1.82) is 0 Å². The molecule has 2 amide bonds. The van der Waals surface area contributed by atoms with Crippen LogP contribution in [0.25, 0.3) is 5.82 Å². The minimum absolute atomic E-state index is 0.0380. The first-order valence-electron chi connectivity index (χ1n) is 10.3. The van der Waals surface area contributed by atoms with Crippen LogP contribution in [0.5, 0.6) is 0 Å². The average molecular weight is 515 g/mol. The van der Waals surface area contributed by atoms with E-state index in [9.17, 15) is 35.9 Å². The lowest BCUT2D eigenvalue weighted by Crippen LogP contribution is -2.29. The Morgan fingerprint density at radius 3 is 2.14 bits per heavy atom. The van der Waals surface area contributed by atoms with E-state index in [0.29, 0.717) is 18.7 Å². The molecule has 0 spiro atoms. The summed E-state index contributed by atoms with van der Waals surface area (Å²) in [6.45, 7) is 3.55. The molecule has 0 saturated heterocycles. The van der Waals surface area contributed by atoms with Crippen LogP contribution in [-0.2, 0) is 12.4 Å². The zero-order valence-electron chi connectivity index (χ0n) is 19.0. The lowest BCUT2D eigenvalue weighted by molar-refractivity contribution is -0.143. The molecule has 192 valence electrons. The normalized spacial score (nSPS) is 12.8. The predicted octanol–water partition coefficient (Wildman–Crippen LogP) is 3.68. The predicted molar refractivity (Wildman–Crippen MR) is 112 cm³/mol. The van der Waals surface area contributed by atoms with Gasteiger partial charge in [0, 0.05) is 31.5 Å². The van der Waals surface area contributed by atoms with E-state index < -0.39 is 46.9 Å². The van der Waals surface area contributed by atoms with Gasteiger partial charge in [-0.15, -0.1) is 5.10 Å². The molecule has 0 bridgehead atoms. The van der Waals surface area contributed by atoms with Gasteiger partial charge < -0.3 is 10.2 Å². The summed E-state index contributed by atoms with van der Waals surface area (Å²) in [7, 11) is 1.55. The number of halogens is 6. The minimum Gasteiger partial charge on any atom is -0.344 e. The molecule has 2 heterocycles. The Balaban J connectivity index is 1.92. The second-order valence-corrected chi connectivity index (χ2v) is 7.59. The zero-order valence-corrected chi connectivity index (χ0v) is 19.0. The summed E-state index contributed by atoms with van der Waals surface area (Å²) in [5.41, 5.74) is -4.01. The van der Waals surface area contributed by atoms with Crippen LogP contribution in [0.1, 0.15) is 57.7 Å². The molecule has 3 aromatic rings. The van der Waals surface area contributed by atoms with Crippen molar-refractivity contribution < 1.29 is 35.9 Å². The fraction of sp³-hybridized carbons (Fsp3) is 0.333. The van der Waals surface area contributed by atoms with Crippen molar-refractivity contribution in [1.82, 2.24) is 34.9 Å². The number of rotatable bonds is 6. The van der Waals surface area contributed by atoms with E-state index in [1.807, 2.05) is 0 Å². The monoisotopic (exact) mass is 515 g/mol. The lowest BCUT2D eigenvalue weighted by Gasteiger charge is -2.18. The molecule has 0 aliphatic heterocycles. The van der Waals surface area contributed by atoms with Crippen molar-refractivity contribution in [3.63, 3.8) is 0 Å². The molecule has 0 saturated carbocycles. The highest BCUT2D eigenvalue weighted by Crippen LogP contribution is 2.36. The summed E-state index contributed by atoms with van der Waals surface area (Å²) in [6, 6.07) is -0.449. The summed E-state index contributed by atoms with van der Waals surface area (Å²) >= 11 is 0. The molecule has 15 heteroatoms. The maximum Gasteiger partial charge on any atom is 0.416 e. The van der Waals surface area contributed by atoms with Gasteiger partial charge in [0.05, 0.1) is 17.2 Å². The van der Waals surface area contributed by atoms with E-state index in [2.05, 4.69) is 25.4 Å². The van der Waals surface area contributed by atoms with Crippen LogP contribution in [0.2, 0.25) is 0 Å². The maximum atomic E-state index is 13.1. The first kappa shape index (κ1) is 26.6.